The number of carbonyl (C=O) groups is 6. The maximum Gasteiger partial charge on any atom is 0.290 e. The maximum atomic E-state index is 13.9. The molecular formula is C31H53N5O6. The molecule has 0 aromatic heterocycles. The highest BCUT2D eigenvalue weighted by Crippen LogP contribution is 2.30. The Hall–Kier alpha value is -2.98. The van der Waals surface area contributed by atoms with Crippen molar-refractivity contribution >= 4 is 35.3 Å². The molecule has 0 bridgehead atoms. The monoisotopic (exact) mass is 591 g/mol. The lowest BCUT2D eigenvalue weighted by Crippen LogP contribution is -2.59. The molecule has 2 aliphatic rings. The van der Waals surface area contributed by atoms with Gasteiger partial charge in [-0.3, -0.25) is 28.8 Å². The number of carbonyl (C=O) groups excluding carboxylic acids is 6. The summed E-state index contributed by atoms with van der Waals surface area (Å²) in [4.78, 5) is 80.7. The van der Waals surface area contributed by atoms with Gasteiger partial charge in [-0.15, -0.1) is 0 Å². The van der Waals surface area contributed by atoms with E-state index < -0.39 is 52.6 Å². The summed E-state index contributed by atoms with van der Waals surface area (Å²) in [5.41, 5.74) is -1.36. The summed E-state index contributed by atoms with van der Waals surface area (Å²) in [7, 11) is 1.55. The second kappa shape index (κ2) is 15.0. The molecule has 2 fully saturated rings. The van der Waals surface area contributed by atoms with E-state index in [0.717, 1.165) is 32.1 Å². The van der Waals surface area contributed by atoms with E-state index in [4.69, 9.17) is 0 Å². The van der Waals surface area contributed by atoms with Crippen LogP contribution in [0.25, 0.3) is 0 Å². The first-order chi connectivity index (χ1) is 19.5. The number of ketones is 1. The van der Waals surface area contributed by atoms with E-state index >= 15 is 0 Å². The van der Waals surface area contributed by atoms with Gasteiger partial charge < -0.3 is 26.2 Å². The number of rotatable bonds is 12. The molecule has 1 aliphatic carbocycles. The second-order valence-electron chi connectivity index (χ2n) is 14.0. The van der Waals surface area contributed by atoms with Gasteiger partial charge in [0.15, 0.2) is 0 Å². The lowest BCUT2D eigenvalue weighted by molar-refractivity contribution is -0.146. The predicted octanol–water partition coefficient (Wildman–Crippen LogP) is 2.22. The standard InChI is InChI=1S/C31H53N5O6/c1-9-13-22(36(8)28(41)23(19-14-10-11-15-19)34-29(42)30(2,3)4)26(39)33-21(18-20-16-12-17-32-25(20)38)24(37)27(40)35-31(5,6)7/h19-23H,9-18H2,1-8H3,(H,32,38)(H,33,39)(H,34,42)(H,35,40)/t20-,21-,22-,23+/m0/s1. The third-order valence-electron chi connectivity index (χ3n) is 8.05. The topological polar surface area (TPSA) is 154 Å². The number of nitrogens with one attached hydrogen (secondary N) is 4. The van der Waals surface area contributed by atoms with E-state index in [2.05, 4.69) is 21.3 Å². The van der Waals surface area contributed by atoms with Crippen LogP contribution in [0.5, 0.6) is 0 Å². The Morgan fingerprint density at radius 3 is 2.10 bits per heavy atom. The Kier molecular flexibility index (Phi) is 12.5. The summed E-state index contributed by atoms with van der Waals surface area (Å²) in [5.74, 6) is -3.61. The molecule has 238 valence electrons. The van der Waals surface area contributed by atoms with Crippen molar-refractivity contribution in [1.29, 1.82) is 0 Å². The zero-order valence-electron chi connectivity index (χ0n) is 26.9. The van der Waals surface area contributed by atoms with Crippen LogP contribution in [0.15, 0.2) is 0 Å². The normalized spacial score (nSPS) is 20.1. The highest BCUT2D eigenvalue weighted by molar-refractivity contribution is 6.38. The van der Waals surface area contributed by atoms with Gasteiger partial charge in [0.05, 0.1) is 6.04 Å². The fourth-order valence-corrected chi connectivity index (χ4v) is 5.58. The van der Waals surface area contributed by atoms with Crippen molar-refractivity contribution < 1.29 is 28.8 Å². The third-order valence-corrected chi connectivity index (χ3v) is 8.05. The van der Waals surface area contributed by atoms with Crippen molar-refractivity contribution in [2.45, 2.75) is 130 Å². The van der Waals surface area contributed by atoms with Gasteiger partial charge in [0.2, 0.25) is 29.4 Å². The zero-order chi connectivity index (χ0) is 31.8. The molecule has 2 rings (SSSR count). The number of amides is 5. The number of nitrogens with zero attached hydrogens (tertiary/aromatic N) is 1. The molecule has 0 spiro atoms. The summed E-state index contributed by atoms with van der Waals surface area (Å²) >= 11 is 0. The molecule has 0 aromatic rings. The average Bonchev–Trinajstić information content (AvgIpc) is 3.43. The van der Waals surface area contributed by atoms with Crippen molar-refractivity contribution in [1.82, 2.24) is 26.2 Å². The molecule has 1 aliphatic heterocycles. The molecule has 1 saturated carbocycles. The molecule has 0 aromatic carbocycles. The van der Waals surface area contributed by atoms with Crippen LogP contribution in [-0.4, -0.2) is 77.5 Å². The van der Waals surface area contributed by atoms with Gasteiger partial charge in [0.1, 0.15) is 12.1 Å². The van der Waals surface area contributed by atoms with Gasteiger partial charge in [0, 0.05) is 30.5 Å². The van der Waals surface area contributed by atoms with Crippen molar-refractivity contribution in [3.63, 3.8) is 0 Å². The third kappa shape index (κ3) is 10.1. The molecule has 42 heavy (non-hydrogen) atoms. The molecule has 0 radical (unpaired) electrons. The average molecular weight is 592 g/mol. The molecular weight excluding hydrogens is 538 g/mol. The van der Waals surface area contributed by atoms with E-state index in [1.807, 2.05) is 6.92 Å². The Morgan fingerprint density at radius 1 is 0.952 bits per heavy atom. The first kappa shape index (κ1) is 35.2. The van der Waals surface area contributed by atoms with Crippen LogP contribution in [0.4, 0.5) is 0 Å². The molecule has 1 saturated heterocycles. The highest BCUT2D eigenvalue weighted by atomic mass is 16.2. The molecule has 4 atom stereocenters. The van der Waals surface area contributed by atoms with Crippen molar-refractivity contribution in [3.05, 3.63) is 0 Å². The Morgan fingerprint density at radius 2 is 1.57 bits per heavy atom. The van der Waals surface area contributed by atoms with Crippen LogP contribution >= 0.6 is 0 Å². The summed E-state index contributed by atoms with van der Waals surface area (Å²) in [6, 6.07) is -2.93. The minimum absolute atomic E-state index is 0.0170. The molecule has 5 amide bonds. The molecule has 4 N–H and O–H groups in total. The van der Waals surface area contributed by atoms with Gasteiger partial charge in [-0.05, 0) is 65.2 Å². The zero-order valence-corrected chi connectivity index (χ0v) is 26.9. The number of piperidine rings is 1. The second-order valence-corrected chi connectivity index (χ2v) is 14.0. The van der Waals surface area contributed by atoms with Crippen LogP contribution in [0.2, 0.25) is 0 Å². The van der Waals surface area contributed by atoms with Gasteiger partial charge in [0.25, 0.3) is 5.91 Å². The summed E-state index contributed by atoms with van der Waals surface area (Å²) < 4.78 is 0. The molecule has 11 nitrogen and oxygen atoms in total. The first-order valence-electron chi connectivity index (χ1n) is 15.5. The largest absolute Gasteiger partial charge is 0.356 e. The summed E-state index contributed by atoms with van der Waals surface area (Å²) in [6.07, 6.45) is 5.71. The van der Waals surface area contributed by atoms with E-state index in [-0.39, 0.29) is 30.1 Å². The van der Waals surface area contributed by atoms with Gasteiger partial charge in [-0.25, -0.2) is 0 Å². The maximum absolute atomic E-state index is 13.9. The minimum atomic E-state index is -1.23. The molecule has 0 unspecified atom stereocenters. The van der Waals surface area contributed by atoms with Crippen molar-refractivity contribution in [2.24, 2.45) is 17.3 Å². The van der Waals surface area contributed by atoms with Gasteiger partial charge in [-0.1, -0.05) is 47.0 Å². The number of hydrogen-bond donors (Lipinski definition) is 4. The Labute approximate surface area is 251 Å². The SMILES string of the molecule is CCC[C@@H](C(=O)N[C@@H](C[C@@H]1CCCNC1=O)C(=O)C(=O)NC(C)(C)C)N(C)C(=O)[C@H](NC(=O)C(C)(C)C)C1CCCC1. The Bertz CT molecular complexity index is 1010. The molecule has 11 heteroatoms. The van der Waals surface area contributed by atoms with Crippen LogP contribution in [0.3, 0.4) is 0 Å². The van der Waals surface area contributed by atoms with E-state index in [1.165, 1.54) is 4.90 Å². The predicted molar refractivity (Wildman–Crippen MR) is 160 cm³/mol. The van der Waals surface area contributed by atoms with Crippen LogP contribution in [0.1, 0.15) is 106 Å². The fourth-order valence-electron chi connectivity index (χ4n) is 5.58. The fraction of sp³-hybridized carbons (Fsp3) is 0.806. The number of likely N-dealkylation sites (N-methyl/N-ethyl adjacent to an activating group) is 1. The van der Waals surface area contributed by atoms with Crippen LogP contribution in [0, 0.1) is 17.3 Å². The summed E-state index contributed by atoms with van der Waals surface area (Å²) in [5, 5.41) is 11.1. The lowest BCUT2D eigenvalue weighted by atomic mass is 9.89. The van der Waals surface area contributed by atoms with E-state index in [9.17, 15) is 28.8 Å². The Balaban J connectivity index is 2.32. The quantitative estimate of drug-likeness (QED) is 0.255. The molecule has 1 heterocycles. The van der Waals surface area contributed by atoms with Crippen molar-refractivity contribution in [3.8, 4) is 0 Å². The van der Waals surface area contributed by atoms with Crippen molar-refractivity contribution in [2.75, 3.05) is 13.6 Å². The van der Waals surface area contributed by atoms with Crippen LogP contribution in [-0.2, 0) is 28.8 Å². The first-order valence-corrected chi connectivity index (χ1v) is 15.5. The van der Waals surface area contributed by atoms with E-state index in [0.29, 0.717) is 25.8 Å². The lowest BCUT2D eigenvalue weighted by Gasteiger charge is -2.35. The van der Waals surface area contributed by atoms with Gasteiger partial charge >= 0.3 is 0 Å². The highest BCUT2D eigenvalue weighted by Gasteiger charge is 2.40. The van der Waals surface area contributed by atoms with Crippen LogP contribution < -0.4 is 21.3 Å². The van der Waals surface area contributed by atoms with E-state index in [1.54, 1.807) is 48.6 Å². The number of hydrogen-bond acceptors (Lipinski definition) is 6. The van der Waals surface area contributed by atoms with Gasteiger partial charge in [-0.2, -0.15) is 0 Å². The minimum Gasteiger partial charge on any atom is -0.356 e. The smallest absolute Gasteiger partial charge is 0.290 e. The number of Topliss-reactive ketones (excluding diaryl/α,β-unsaturated/α-hetero) is 1. The summed E-state index contributed by atoms with van der Waals surface area (Å²) in [6.45, 7) is 13.0.